The number of hydrogen-bond donors (Lipinski definition) is 0. The van der Waals surface area contributed by atoms with Gasteiger partial charge in [-0.2, -0.15) is 0 Å². The average Bonchev–Trinajstić information content (AvgIpc) is 2.99. The molecule has 148 valence electrons. The number of carbonyl (C=O) groups excluding carboxylic acids is 1. The molecule has 0 heterocycles. The van der Waals surface area contributed by atoms with Gasteiger partial charge in [-0.05, 0) is 36.0 Å². The van der Waals surface area contributed by atoms with Gasteiger partial charge in [0.1, 0.15) is 0 Å². The monoisotopic (exact) mass is 448 g/mol. The van der Waals surface area contributed by atoms with Crippen LogP contribution in [0, 0.1) is 29.7 Å². The van der Waals surface area contributed by atoms with Crippen LogP contribution in [0.5, 0.6) is 0 Å². The minimum absolute atomic E-state index is 0. The molecule has 1 aromatic rings. The van der Waals surface area contributed by atoms with Crippen LogP contribution in [0.25, 0.3) is 11.3 Å². The maximum absolute atomic E-state index is 11.4. The Labute approximate surface area is 185 Å². The number of nitrogens with one attached hydrogen (secondary N) is 1. The van der Waals surface area contributed by atoms with Crippen molar-refractivity contribution in [3.8, 4) is 0 Å². The molecule has 2 rings (SSSR count). The molecular weight excluding hydrogens is 414 g/mol. The molecule has 0 aromatic heterocycles. The zero-order chi connectivity index (χ0) is 15.7. The zero-order valence-electron chi connectivity index (χ0n) is 17.7. The summed E-state index contributed by atoms with van der Waals surface area (Å²) in [6.07, 6.45) is 10.3. The number of rotatable bonds is 5. The Balaban J connectivity index is -0.000000172. The van der Waals surface area contributed by atoms with Crippen LogP contribution in [0.1, 0.15) is 47.7 Å². The zero-order valence-corrected chi connectivity index (χ0v) is 21.2. The summed E-state index contributed by atoms with van der Waals surface area (Å²) in [5.74, 6) is -0.597. The van der Waals surface area contributed by atoms with Crippen LogP contribution in [-0.4, -0.2) is 15.4 Å². The standard InChI is InChI=1S/C16H19NO.C2H6Si.4CH3.Zr/c1-2-3-6-12-9-10-14(16(17)18)15(11-12)13-7-4-5-8-13;1-3-2;;;;;/h4-5,7,9-11H,2-3,6,8H2,1H3,(H2,17,18);1-2H3;4*1H3;/q;;4*-1;/p-1. The maximum atomic E-state index is 11.4. The van der Waals surface area contributed by atoms with Gasteiger partial charge in [-0.1, -0.05) is 62.9 Å². The van der Waals surface area contributed by atoms with E-state index in [-0.39, 0.29) is 55.9 Å². The molecule has 26 heavy (non-hydrogen) atoms. The van der Waals surface area contributed by atoms with Crippen LogP contribution in [0.3, 0.4) is 0 Å². The Kier molecular flexibility index (Phi) is 28.7. The van der Waals surface area contributed by atoms with Crippen LogP contribution in [0.2, 0.25) is 13.1 Å². The molecule has 0 bridgehead atoms. The topological polar surface area (TPSA) is 40.9 Å². The van der Waals surface area contributed by atoms with Crippen LogP contribution in [0.4, 0.5) is 0 Å². The number of hydrogen-bond acceptors (Lipinski definition) is 1. The third kappa shape index (κ3) is 11.8. The number of carbonyl (C=O) groups is 1. The summed E-state index contributed by atoms with van der Waals surface area (Å²) >= 11 is 0. The average molecular weight is 450 g/mol. The Morgan fingerprint density at radius 2 is 1.73 bits per heavy atom. The van der Waals surface area contributed by atoms with E-state index in [1.165, 1.54) is 12.0 Å². The minimum Gasteiger partial charge on any atom is -0.664 e. The summed E-state index contributed by atoms with van der Waals surface area (Å²) in [5.41, 5.74) is 11.2. The molecule has 0 unspecified atom stereocenters. The molecule has 0 aliphatic heterocycles. The third-order valence-corrected chi connectivity index (χ3v) is 3.26. The van der Waals surface area contributed by atoms with Crippen molar-refractivity contribution in [2.24, 2.45) is 0 Å². The van der Waals surface area contributed by atoms with Gasteiger partial charge in [-0.15, -0.1) is 0 Å². The molecule has 4 heteroatoms. The number of amides is 1. The second kappa shape index (κ2) is 20.6. The number of allylic oxidation sites excluding steroid dienone is 4. The van der Waals surface area contributed by atoms with Gasteiger partial charge in [0.05, 0.1) is 5.91 Å². The molecule has 1 amide bonds. The molecule has 1 N–H and O–H groups in total. The van der Waals surface area contributed by atoms with Crippen molar-refractivity contribution < 1.29 is 31.0 Å². The van der Waals surface area contributed by atoms with E-state index < -0.39 is 5.91 Å². The maximum Gasteiger partial charge on any atom is 0.0802 e. The largest absolute Gasteiger partial charge is 0.664 e. The van der Waals surface area contributed by atoms with Crippen molar-refractivity contribution >= 4 is 21.0 Å². The van der Waals surface area contributed by atoms with Crippen LogP contribution in [0.15, 0.2) is 36.4 Å². The normalized spacial score (nSPS) is 10.2. The van der Waals surface area contributed by atoms with E-state index in [0.717, 1.165) is 39.9 Å². The van der Waals surface area contributed by atoms with E-state index in [4.69, 9.17) is 5.73 Å². The van der Waals surface area contributed by atoms with Crippen molar-refractivity contribution in [3.63, 3.8) is 0 Å². The Morgan fingerprint density at radius 1 is 1.15 bits per heavy atom. The Bertz CT molecular complexity index is 539. The van der Waals surface area contributed by atoms with Gasteiger partial charge in [-0.3, -0.25) is 0 Å². The fourth-order valence-corrected chi connectivity index (χ4v) is 2.24. The quantitative estimate of drug-likeness (QED) is 0.347. The van der Waals surface area contributed by atoms with Crippen molar-refractivity contribution in [2.45, 2.75) is 45.7 Å². The predicted octanol–water partition coefficient (Wildman–Crippen LogP) is 7.15. The third-order valence-electron chi connectivity index (χ3n) is 3.26. The Morgan fingerprint density at radius 3 is 2.15 bits per heavy atom. The Hall–Kier alpha value is -0.730. The SMILES string of the molecule is CCCCc1ccc(C([NH-])=O)c(C2=CC=CC2)c1.C[Si]C.[CH3-].[CH3-].[CH3-].[CH3-].[Zr]. The van der Waals surface area contributed by atoms with Crippen molar-refractivity contribution in [1.29, 1.82) is 0 Å². The molecule has 0 spiro atoms. The van der Waals surface area contributed by atoms with E-state index >= 15 is 0 Å². The van der Waals surface area contributed by atoms with Gasteiger partial charge in [0, 0.05) is 41.3 Å². The van der Waals surface area contributed by atoms with E-state index in [1.807, 2.05) is 18.2 Å². The van der Waals surface area contributed by atoms with Crippen molar-refractivity contribution in [1.82, 2.24) is 0 Å². The van der Waals surface area contributed by atoms with Crippen LogP contribution >= 0.6 is 0 Å². The van der Waals surface area contributed by atoms with E-state index in [2.05, 4.69) is 32.2 Å². The molecular formula is C22H36NOSiZr-5. The minimum atomic E-state index is -0.597. The molecule has 2 radical (unpaired) electrons. The first-order chi connectivity index (χ1) is 10.1. The smallest absolute Gasteiger partial charge is 0.0802 e. The first-order valence-electron chi connectivity index (χ1n) is 7.47. The molecule has 1 aliphatic rings. The molecule has 0 atom stereocenters. The fraction of sp³-hybridized carbons (Fsp3) is 0.318. The first-order valence-corrected chi connectivity index (χ1v) is 9.47. The summed E-state index contributed by atoms with van der Waals surface area (Å²) in [6.45, 7) is 6.48. The van der Waals surface area contributed by atoms with Gasteiger partial charge >= 0.3 is 0 Å². The molecule has 0 fully saturated rings. The van der Waals surface area contributed by atoms with Crippen LogP contribution in [-0.2, 0) is 32.6 Å². The molecule has 1 aromatic carbocycles. The van der Waals surface area contributed by atoms with Gasteiger partial charge in [0.15, 0.2) is 0 Å². The van der Waals surface area contributed by atoms with E-state index in [9.17, 15) is 4.79 Å². The summed E-state index contributed by atoms with van der Waals surface area (Å²) in [5, 5.41) is 0. The number of unbranched alkanes of at least 4 members (excludes halogenated alkanes) is 1. The van der Waals surface area contributed by atoms with Crippen LogP contribution < -0.4 is 0 Å². The van der Waals surface area contributed by atoms with Gasteiger partial charge in [-0.25, -0.2) is 0 Å². The second-order valence-corrected chi connectivity index (χ2v) is 6.14. The number of benzene rings is 1. The molecule has 0 saturated heterocycles. The molecule has 0 saturated carbocycles. The van der Waals surface area contributed by atoms with E-state index in [1.54, 1.807) is 6.07 Å². The molecule has 1 aliphatic carbocycles. The summed E-state index contributed by atoms with van der Waals surface area (Å²) in [4.78, 5) is 11.4. The van der Waals surface area contributed by atoms with Gasteiger partial charge < -0.3 is 40.2 Å². The predicted molar refractivity (Wildman–Crippen MR) is 119 cm³/mol. The number of aryl methyl sites for hydroxylation is 1. The summed E-state index contributed by atoms with van der Waals surface area (Å²) in [7, 11) is 1.08. The van der Waals surface area contributed by atoms with Gasteiger partial charge in [0.2, 0.25) is 0 Å². The first kappa shape index (κ1) is 36.2. The summed E-state index contributed by atoms with van der Waals surface area (Å²) < 4.78 is 0. The van der Waals surface area contributed by atoms with Crippen molar-refractivity contribution in [3.05, 3.63) is 88.6 Å². The molecule has 2 nitrogen and oxygen atoms in total. The summed E-state index contributed by atoms with van der Waals surface area (Å²) in [6, 6.07) is 5.86. The van der Waals surface area contributed by atoms with Gasteiger partial charge in [0.25, 0.3) is 0 Å². The fourth-order valence-electron chi connectivity index (χ4n) is 2.24. The van der Waals surface area contributed by atoms with E-state index in [0.29, 0.717) is 5.56 Å². The second-order valence-electron chi connectivity index (χ2n) is 5.14. The van der Waals surface area contributed by atoms with Crippen molar-refractivity contribution in [2.75, 3.05) is 0 Å².